The van der Waals surface area contributed by atoms with Gasteiger partial charge in [-0.2, -0.15) is 16.8 Å². The van der Waals surface area contributed by atoms with Crippen molar-refractivity contribution in [3.8, 4) is 11.1 Å². The van der Waals surface area contributed by atoms with Crippen LogP contribution in [0.2, 0.25) is 0 Å². The molecule has 0 aliphatic heterocycles. The molecule has 28 heavy (non-hydrogen) atoms. The molecule has 0 fully saturated rings. The maximum atomic E-state index is 12.2. The van der Waals surface area contributed by atoms with Gasteiger partial charge in [0.15, 0.2) is 0 Å². The van der Waals surface area contributed by atoms with Crippen LogP contribution in [-0.2, 0) is 24.3 Å². The van der Waals surface area contributed by atoms with Gasteiger partial charge in [0, 0.05) is 12.0 Å². The summed E-state index contributed by atoms with van der Waals surface area (Å²) in [6, 6.07) is 17.8. The van der Waals surface area contributed by atoms with Crippen LogP contribution in [-0.4, -0.2) is 25.9 Å². The average molecular weight is 416 g/mol. The molecule has 0 aromatic heterocycles. The second-order valence-electron chi connectivity index (χ2n) is 6.60. The fourth-order valence-corrected chi connectivity index (χ4v) is 6.43. The van der Waals surface area contributed by atoms with Crippen LogP contribution in [0.3, 0.4) is 0 Å². The van der Waals surface area contributed by atoms with Crippen molar-refractivity contribution in [2.24, 2.45) is 0 Å². The van der Waals surface area contributed by atoms with E-state index >= 15 is 0 Å². The summed E-state index contributed by atoms with van der Waals surface area (Å²) in [5, 5.41) is 1.87. The van der Waals surface area contributed by atoms with Gasteiger partial charge in [-0.05, 0) is 27.5 Å². The minimum Gasteiger partial charge on any atom is -0.284 e. The fraction of sp³-hybridized carbons (Fsp3) is 0.100. The van der Waals surface area contributed by atoms with Crippen LogP contribution in [0.5, 0.6) is 0 Å². The third-order valence-electron chi connectivity index (χ3n) is 5.10. The number of fused-ring (bicyclic) bond motifs is 2. The minimum atomic E-state index is -5.19. The monoisotopic (exact) mass is 416 g/mol. The molecule has 0 spiro atoms. The average Bonchev–Trinajstić information content (AvgIpc) is 2.64. The molecule has 0 amide bonds. The standard InChI is InChI=1S/C20H16O6S2/c21-27(22,23)20(28(24,25)26)13-5-11-18-17(10-4-12-19(18)20)16-9-3-7-14-6-1-2-8-15(14)16/h1-12H,13H2,(H,21,22,23)(H,24,25,26). The molecule has 2 N–H and O–H groups in total. The Hall–Kier alpha value is -2.52. The SMILES string of the molecule is O=S(=O)(O)C1(S(=O)(=O)O)CC=Cc2c(-c3cccc4ccccc34)cccc21. The van der Waals surface area contributed by atoms with Crippen molar-refractivity contribution in [3.05, 3.63) is 77.9 Å². The minimum absolute atomic E-state index is 0.176. The number of rotatable bonds is 3. The summed E-state index contributed by atoms with van der Waals surface area (Å²) in [4.78, 5) is 0. The number of hydrogen-bond donors (Lipinski definition) is 2. The number of hydrogen-bond acceptors (Lipinski definition) is 4. The van der Waals surface area contributed by atoms with Crippen molar-refractivity contribution < 1.29 is 25.9 Å². The van der Waals surface area contributed by atoms with E-state index in [1.54, 1.807) is 12.1 Å². The summed E-state index contributed by atoms with van der Waals surface area (Å²) >= 11 is 0. The third-order valence-corrected chi connectivity index (χ3v) is 8.80. The maximum absolute atomic E-state index is 12.2. The Balaban J connectivity index is 2.11. The van der Waals surface area contributed by atoms with Gasteiger partial charge < -0.3 is 0 Å². The van der Waals surface area contributed by atoms with Crippen LogP contribution in [0, 0.1) is 0 Å². The zero-order valence-electron chi connectivity index (χ0n) is 14.5. The number of allylic oxidation sites excluding steroid dienone is 1. The molecule has 6 nitrogen and oxygen atoms in total. The fourth-order valence-electron chi connectivity index (χ4n) is 3.84. The lowest BCUT2D eigenvalue weighted by Gasteiger charge is -2.31. The predicted octanol–water partition coefficient (Wildman–Crippen LogP) is 3.85. The van der Waals surface area contributed by atoms with Gasteiger partial charge in [-0.15, -0.1) is 0 Å². The number of benzene rings is 3. The van der Waals surface area contributed by atoms with Gasteiger partial charge in [0.1, 0.15) is 0 Å². The van der Waals surface area contributed by atoms with Gasteiger partial charge in [-0.3, -0.25) is 9.11 Å². The molecule has 4 rings (SSSR count). The van der Waals surface area contributed by atoms with Crippen LogP contribution in [0.15, 0.2) is 66.7 Å². The topological polar surface area (TPSA) is 109 Å². The van der Waals surface area contributed by atoms with Crippen molar-refractivity contribution >= 4 is 37.1 Å². The Morgan fingerprint density at radius 2 is 1.36 bits per heavy atom. The molecule has 0 heterocycles. The van der Waals surface area contributed by atoms with Crippen molar-refractivity contribution in [1.29, 1.82) is 0 Å². The Labute approximate surface area is 162 Å². The van der Waals surface area contributed by atoms with Crippen LogP contribution in [0.1, 0.15) is 17.5 Å². The van der Waals surface area contributed by atoms with Crippen LogP contribution >= 0.6 is 0 Å². The second-order valence-corrected chi connectivity index (χ2v) is 10.2. The van der Waals surface area contributed by atoms with E-state index in [0.717, 1.165) is 16.3 Å². The normalized spacial score (nSPS) is 16.1. The molecule has 0 saturated carbocycles. The Bertz CT molecular complexity index is 1300. The molecule has 144 valence electrons. The van der Waals surface area contributed by atoms with Gasteiger partial charge in [0.2, 0.25) is 0 Å². The highest BCUT2D eigenvalue weighted by atomic mass is 32.3. The van der Waals surface area contributed by atoms with Crippen molar-refractivity contribution in [1.82, 2.24) is 0 Å². The van der Waals surface area contributed by atoms with Gasteiger partial charge >= 0.3 is 0 Å². The van der Waals surface area contributed by atoms with E-state index in [1.165, 1.54) is 18.2 Å². The van der Waals surface area contributed by atoms with Crippen LogP contribution in [0.25, 0.3) is 28.0 Å². The lowest BCUT2D eigenvalue weighted by molar-refractivity contribution is 0.423. The molecule has 0 bridgehead atoms. The molecule has 1 aliphatic carbocycles. The van der Waals surface area contributed by atoms with Crippen molar-refractivity contribution in [2.45, 2.75) is 10.5 Å². The highest BCUT2D eigenvalue weighted by molar-refractivity contribution is 8.04. The van der Waals surface area contributed by atoms with E-state index in [9.17, 15) is 25.9 Å². The molecule has 8 heteroatoms. The highest BCUT2D eigenvalue weighted by Gasteiger charge is 2.57. The van der Waals surface area contributed by atoms with Crippen LogP contribution in [0.4, 0.5) is 0 Å². The summed E-state index contributed by atoms with van der Waals surface area (Å²) in [7, 11) is -10.4. The third kappa shape index (κ3) is 2.61. The van der Waals surface area contributed by atoms with E-state index in [2.05, 4.69) is 0 Å². The molecule has 0 saturated heterocycles. The Morgan fingerprint density at radius 3 is 2.07 bits per heavy atom. The predicted molar refractivity (Wildman–Crippen MR) is 108 cm³/mol. The van der Waals surface area contributed by atoms with Crippen LogP contribution < -0.4 is 0 Å². The first kappa shape index (κ1) is 18.8. The van der Waals surface area contributed by atoms with Crippen molar-refractivity contribution in [2.75, 3.05) is 0 Å². The Morgan fingerprint density at radius 1 is 0.750 bits per heavy atom. The van der Waals surface area contributed by atoms with Gasteiger partial charge in [-0.25, -0.2) is 0 Å². The summed E-state index contributed by atoms with van der Waals surface area (Å²) in [6.45, 7) is 0. The van der Waals surface area contributed by atoms with E-state index in [4.69, 9.17) is 0 Å². The molecule has 3 aromatic carbocycles. The zero-order valence-corrected chi connectivity index (χ0v) is 16.1. The lowest BCUT2D eigenvalue weighted by Crippen LogP contribution is -2.44. The quantitative estimate of drug-likeness (QED) is 0.628. The summed E-state index contributed by atoms with van der Waals surface area (Å²) in [5.41, 5.74) is 1.52. The van der Waals surface area contributed by atoms with Gasteiger partial charge in [0.25, 0.3) is 24.3 Å². The summed E-state index contributed by atoms with van der Waals surface area (Å²) in [6.07, 6.45) is 2.36. The largest absolute Gasteiger partial charge is 0.292 e. The molecular formula is C20H16O6S2. The second kappa shape index (κ2) is 6.25. The molecule has 3 aromatic rings. The molecule has 1 aliphatic rings. The van der Waals surface area contributed by atoms with Gasteiger partial charge in [-0.1, -0.05) is 72.8 Å². The Kier molecular flexibility index (Phi) is 4.20. The van der Waals surface area contributed by atoms with E-state index in [0.29, 0.717) is 11.1 Å². The maximum Gasteiger partial charge on any atom is 0.292 e. The van der Waals surface area contributed by atoms with E-state index in [1.807, 2.05) is 42.5 Å². The molecule has 0 atom stereocenters. The first-order chi connectivity index (χ1) is 13.2. The van der Waals surface area contributed by atoms with E-state index in [-0.39, 0.29) is 5.56 Å². The molecule has 0 unspecified atom stereocenters. The first-order valence-corrected chi connectivity index (χ1v) is 11.3. The lowest BCUT2D eigenvalue weighted by atomic mass is 9.87. The molecular weight excluding hydrogens is 400 g/mol. The highest BCUT2D eigenvalue weighted by Crippen LogP contribution is 2.47. The smallest absolute Gasteiger partial charge is 0.284 e. The first-order valence-electron chi connectivity index (χ1n) is 8.39. The summed E-state index contributed by atoms with van der Waals surface area (Å²) < 4.78 is 65.4. The molecule has 0 radical (unpaired) electrons. The van der Waals surface area contributed by atoms with E-state index < -0.39 is 30.7 Å². The summed E-state index contributed by atoms with van der Waals surface area (Å²) in [5.74, 6) is 0. The van der Waals surface area contributed by atoms with Crippen molar-refractivity contribution in [3.63, 3.8) is 0 Å². The zero-order chi connectivity index (χ0) is 20.2. The van der Waals surface area contributed by atoms with Gasteiger partial charge in [0.05, 0.1) is 0 Å².